The van der Waals surface area contributed by atoms with E-state index in [9.17, 15) is 0 Å². The second kappa shape index (κ2) is 8.56. The third-order valence-electron chi connectivity index (χ3n) is 3.41. The predicted molar refractivity (Wildman–Crippen MR) is 96.8 cm³/mol. The molecule has 0 saturated carbocycles. The van der Waals surface area contributed by atoms with Crippen molar-refractivity contribution < 1.29 is 4.74 Å². The summed E-state index contributed by atoms with van der Waals surface area (Å²) < 4.78 is 7.08. The molecule has 0 heterocycles. The Morgan fingerprint density at radius 3 is 2.59 bits per heavy atom. The van der Waals surface area contributed by atoms with Gasteiger partial charge in [-0.25, -0.2) is 0 Å². The van der Waals surface area contributed by atoms with Crippen LogP contribution in [0.25, 0.3) is 0 Å². The number of ether oxygens (including phenoxy) is 1. The fourth-order valence-electron chi connectivity index (χ4n) is 2.24. The maximum atomic E-state index is 6.18. The van der Waals surface area contributed by atoms with Gasteiger partial charge < -0.3 is 9.64 Å². The summed E-state index contributed by atoms with van der Waals surface area (Å²) in [6.07, 6.45) is 2.10. The molecule has 0 amide bonds. The van der Waals surface area contributed by atoms with Gasteiger partial charge in [0.15, 0.2) is 0 Å². The van der Waals surface area contributed by atoms with Crippen molar-refractivity contribution in [3.8, 4) is 5.75 Å². The van der Waals surface area contributed by atoms with E-state index in [1.54, 1.807) is 0 Å². The van der Waals surface area contributed by atoms with Gasteiger partial charge in [-0.3, -0.25) is 0 Å². The van der Waals surface area contributed by atoms with Gasteiger partial charge in [-0.2, -0.15) is 0 Å². The average molecular weight is 383 g/mol. The van der Waals surface area contributed by atoms with Crippen LogP contribution in [0.4, 0.5) is 0 Å². The highest BCUT2D eigenvalue weighted by Crippen LogP contribution is 2.26. The van der Waals surface area contributed by atoms with Crippen LogP contribution in [0.2, 0.25) is 5.02 Å². The summed E-state index contributed by atoms with van der Waals surface area (Å²) in [6, 6.07) is 14.0. The molecule has 0 bridgehead atoms. The number of hydrogen-bond donors (Lipinski definition) is 0. The lowest BCUT2D eigenvalue weighted by atomic mass is 10.1. The molecule has 2 aromatic rings. The van der Waals surface area contributed by atoms with E-state index in [1.165, 1.54) is 5.56 Å². The Balaban J connectivity index is 2.05. The van der Waals surface area contributed by atoms with E-state index in [0.717, 1.165) is 40.2 Å². The Kier molecular flexibility index (Phi) is 6.74. The molecule has 2 nitrogen and oxygen atoms in total. The summed E-state index contributed by atoms with van der Waals surface area (Å²) in [5.74, 6) is 0.932. The molecular weight excluding hydrogens is 362 g/mol. The van der Waals surface area contributed by atoms with Crippen LogP contribution >= 0.6 is 27.5 Å². The Labute approximate surface area is 146 Å². The van der Waals surface area contributed by atoms with E-state index < -0.39 is 0 Å². The van der Waals surface area contributed by atoms with Crippen molar-refractivity contribution >= 4 is 27.5 Å². The highest BCUT2D eigenvalue weighted by Gasteiger charge is 2.07. The summed E-state index contributed by atoms with van der Waals surface area (Å²) in [6.45, 7) is 1.55. The zero-order valence-corrected chi connectivity index (χ0v) is 15.3. The summed E-state index contributed by atoms with van der Waals surface area (Å²) >= 11 is 9.72. The third kappa shape index (κ3) is 5.31. The second-order valence-electron chi connectivity index (χ2n) is 5.54. The van der Waals surface area contributed by atoms with Gasteiger partial charge in [0, 0.05) is 15.1 Å². The SMILES string of the molecule is CN(C)CCCc1cc(Br)ccc1OCc1ccccc1Cl. The molecule has 22 heavy (non-hydrogen) atoms. The topological polar surface area (TPSA) is 12.5 Å². The van der Waals surface area contributed by atoms with Gasteiger partial charge in [0.1, 0.15) is 12.4 Å². The lowest BCUT2D eigenvalue weighted by Gasteiger charge is -2.14. The molecule has 0 unspecified atom stereocenters. The largest absolute Gasteiger partial charge is 0.489 e. The number of hydrogen-bond acceptors (Lipinski definition) is 2. The van der Waals surface area contributed by atoms with Crippen LogP contribution in [-0.2, 0) is 13.0 Å². The maximum absolute atomic E-state index is 6.18. The van der Waals surface area contributed by atoms with Gasteiger partial charge in [0.25, 0.3) is 0 Å². The monoisotopic (exact) mass is 381 g/mol. The Morgan fingerprint density at radius 1 is 1.09 bits per heavy atom. The zero-order valence-electron chi connectivity index (χ0n) is 13.0. The maximum Gasteiger partial charge on any atom is 0.123 e. The number of rotatable bonds is 7. The highest BCUT2D eigenvalue weighted by molar-refractivity contribution is 9.10. The van der Waals surface area contributed by atoms with Crippen molar-refractivity contribution in [1.82, 2.24) is 4.90 Å². The first-order chi connectivity index (χ1) is 10.6. The summed E-state index contributed by atoms with van der Waals surface area (Å²) in [4.78, 5) is 2.20. The second-order valence-corrected chi connectivity index (χ2v) is 6.86. The van der Waals surface area contributed by atoms with Crippen LogP contribution in [0.15, 0.2) is 46.9 Å². The van der Waals surface area contributed by atoms with E-state index in [-0.39, 0.29) is 0 Å². The summed E-state index contributed by atoms with van der Waals surface area (Å²) in [5.41, 5.74) is 2.23. The molecule has 118 valence electrons. The van der Waals surface area contributed by atoms with Crippen molar-refractivity contribution in [3.05, 3.63) is 63.1 Å². The molecule has 0 fully saturated rings. The Morgan fingerprint density at radius 2 is 1.86 bits per heavy atom. The van der Waals surface area contributed by atoms with E-state index in [4.69, 9.17) is 16.3 Å². The van der Waals surface area contributed by atoms with Gasteiger partial charge in [-0.15, -0.1) is 0 Å². The standard InChI is InChI=1S/C18H21BrClNO/c1-21(2)11-5-7-14-12-16(19)9-10-18(14)22-13-15-6-3-4-8-17(15)20/h3-4,6,8-10,12H,5,7,11,13H2,1-2H3. The first kappa shape index (κ1) is 17.3. The summed E-state index contributed by atoms with van der Waals surface area (Å²) in [7, 11) is 4.19. The molecule has 0 aliphatic heterocycles. The molecule has 2 rings (SSSR count). The van der Waals surface area contributed by atoms with E-state index >= 15 is 0 Å². The zero-order chi connectivity index (χ0) is 15.9. The van der Waals surface area contributed by atoms with Crippen LogP contribution in [0.3, 0.4) is 0 Å². The number of halogens is 2. The van der Waals surface area contributed by atoms with Crippen molar-refractivity contribution in [1.29, 1.82) is 0 Å². The number of nitrogens with zero attached hydrogens (tertiary/aromatic N) is 1. The Hall–Kier alpha value is -1.03. The molecule has 0 N–H and O–H groups in total. The van der Waals surface area contributed by atoms with Crippen LogP contribution in [0.1, 0.15) is 17.5 Å². The minimum absolute atomic E-state index is 0.488. The fourth-order valence-corrected chi connectivity index (χ4v) is 2.84. The normalized spacial score (nSPS) is 11.0. The van der Waals surface area contributed by atoms with Gasteiger partial charge in [0.05, 0.1) is 0 Å². The molecule has 2 aromatic carbocycles. The van der Waals surface area contributed by atoms with Crippen molar-refractivity contribution in [2.45, 2.75) is 19.4 Å². The van der Waals surface area contributed by atoms with Crippen LogP contribution in [-0.4, -0.2) is 25.5 Å². The first-order valence-corrected chi connectivity index (χ1v) is 8.52. The minimum atomic E-state index is 0.488. The van der Waals surface area contributed by atoms with Gasteiger partial charge in [-0.1, -0.05) is 45.7 Å². The predicted octanol–water partition coefficient (Wildman–Crippen LogP) is 5.18. The molecule has 0 radical (unpaired) electrons. The number of benzene rings is 2. The van der Waals surface area contributed by atoms with E-state index in [0.29, 0.717) is 6.61 Å². The van der Waals surface area contributed by atoms with Gasteiger partial charge >= 0.3 is 0 Å². The molecular formula is C18H21BrClNO. The fraction of sp³-hybridized carbons (Fsp3) is 0.333. The van der Waals surface area contributed by atoms with Gasteiger partial charge in [-0.05, 0) is 63.3 Å². The van der Waals surface area contributed by atoms with Crippen LogP contribution in [0.5, 0.6) is 5.75 Å². The molecule has 0 aromatic heterocycles. The van der Waals surface area contributed by atoms with Crippen molar-refractivity contribution in [3.63, 3.8) is 0 Å². The molecule has 0 atom stereocenters. The Bertz CT molecular complexity index is 616. The smallest absolute Gasteiger partial charge is 0.123 e. The van der Waals surface area contributed by atoms with E-state index in [2.05, 4.69) is 41.0 Å². The molecule has 0 spiro atoms. The molecule has 4 heteroatoms. The molecule has 0 saturated heterocycles. The highest BCUT2D eigenvalue weighted by atomic mass is 79.9. The number of aryl methyl sites for hydroxylation is 1. The third-order valence-corrected chi connectivity index (χ3v) is 4.28. The summed E-state index contributed by atoms with van der Waals surface area (Å²) in [5, 5.41) is 0.744. The quantitative estimate of drug-likeness (QED) is 0.654. The lowest BCUT2D eigenvalue weighted by Crippen LogP contribution is -2.13. The van der Waals surface area contributed by atoms with Crippen molar-refractivity contribution in [2.24, 2.45) is 0 Å². The average Bonchev–Trinajstić information content (AvgIpc) is 2.47. The van der Waals surface area contributed by atoms with Crippen molar-refractivity contribution in [2.75, 3.05) is 20.6 Å². The molecule has 0 aliphatic carbocycles. The van der Waals surface area contributed by atoms with Crippen LogP contribution in [0, 0.1) is 0 Å². The first-order valence-electron chi connectivity index (χ1n) is 7.35. The van der Waals surface area contributed by atoms with E-state index in [1.807, 2.05) is 36.4 Å². The van der Waals surface area contributed by atoms with Crippen LogP contribution < -0.4 is 4.74 Å². The minimum Gasteiger partial charge on any atom is -0.489 e. The van der Waals surface area contributed by atoms with Gasteiger partial charge in [0.2, 0.25) is 0 Å². The molecule has 0 aliphatic rings. The lowest BCUT2D eigenvalue weighted by molar-refractivity contribution is 0.302.